The molecule has 1 saturated heterocycles. The van der Waals surface area contributed by atoms with Gasteiger partial charge in [-0.1, -0.05) is 19.9 Å². The highest BCUT2D eigenvalue weighted by molar-refractivity contribution is 5.79. The number of carbonyl (C=O) groups is 1. The number of hydrogen-bond donors (Lipinski definition) is 2. The zero-order chi connectivity index (χ0) is 15.6. The van der Waals surface area contributed by atoms with Crippen molar-refractivity contribution < 1.29 is 14.3 Å². The summed E-state index contributed by atoms with van der Waals surface area (Å²) < 4.78 is 10.8. The molecule has 0 aliphatic carbocycles. The monoisotopic (exact) mass is 304 g/mol. The predicted octanol–water partition coefficient (Wildman–Crippen LogP) is 1.81. The molecule has 1 aromatic rings. The lowest BCUT2D eigenvalue weighted by Gasteiger charge is -2.28. The van der Waals surface area contributed by atoms with Gasteiger partial charge in [0.05, 0.1) is 5.92 Å². The van der Waals surface area contributed by atoms with Gasteiger partial charge in [0.1, 0.15) is 0 Å². The maximum atomic E-state index is 12.3. The number of hydrogen-bond acceptors (Lipinski definition) is 4. The van der Waals surface area contributed by atoms with Gasteiger partial charge < -0.3 is 20.1 Å². The maximum Gasteiger partial charge on any atom is 0.231 e. The normalized spacial score (nSPS) is 20.7. The molecule has 0 radical (unpaired) electrons. The summed E-state index contributed by atoms with van der Waals surface area (Å²) in [5.41, 5.74) is 0.984. The lowest BCUT2D eigenvalue weighted by Crippen LogP contribution is -2.44. The minimum Gasteiger partial charge on any atom is -0.454 e. The highest BCUT2D eigenvalue weighted by Gasteiger charge is 2.27. The van der Waals surface area contributed by atoms with E-state index in [0.717, 1.165) is 43.0 Å². The van der Waals surface area contributed by atoms with Crippen LogP contribution in [0.15, 0.2) is 18.2 Å². The van der Waals surface area contributed by atoms with Gasteiger partial charge in [0.2, 0.25) is 12.7 Å². The highest BCUT2D eigenvalue weighted by atomic mass is 16.7. The molecule has 0 aromatic heterocycles. The number of fused-ring (bicyclic) bond motifs is 1. The van der Waals surface area contributed by atoms with Gasteiger partial charge in [0.15, 0.2) is 11.5 Å². The molecule has 1 unspecified atom stereocenters. The highest BCUT2D eigenvalue weighted by Crippen LogP contribution is 2.36. The lowest BCUT2D eigenvalue weighted by atomic mass is 9.84. The Bertz CT molecular complexity index is 551. The van der Waals surface area contributed by atoms with Crippen molar-refractivity contribution in [3.63, 3.8) is 0 Å². The summed E-state index contributed by atoms with van der Waals surface area (Å²) in [6, 6.07) is 5.99. The number of ether oxygens (including phenoxy) is 2. The summed E-state index contributed by atoms with van der Waals surface area (Å²) in [5, 5.41) is 6.39. The van der Waals surface area contributed by atoms with Crippen LogP contribution in [-0.2, 0) is 10.2 Å². The van der Waals surface area contributed by atoms with Crippen molar-refractivity contribution in [3.05, 3.63) is 23.8 Å². The second kappa shape index (κ2) is 6.16. The van der Waals surface area contributed by atoms with E-state index in [1.165, 1.54) is 0 Å². The number of piperidine rings is 1. The van der Waals surface area contributed by atoms with E-state index < -0.39 is 0 Å². The zero-order valence-electron chi connectivity index (χ0n) is 13.3. The van der Waals surface area contributed by atoms with Crippen LogP contribution in [0.4, 0.5) is 0 Å². The number of benzene rings is 1. The van der Waals surface area contributed by atoms with E-state index in [1.807, 2.05) is 18.2 Å². The molecule has 2 heterocycles. The summed E-state index contributed by atoms with van der Waals surface area (Å²) in [7, 11) is 0. The molecule has 5 heteroatoms. The molecule has 5 nitrogen and oxygen atoms in total. The smallest absolute Gasteiger partial charge is 0.231 e. The zero-order valence-corrected chi connectivity index (χ0v) is 13.3. The topological polar surface area (TPSA) is 59.6 Å². The van der Waals surface area contributed by atoms with Gasteiger partial charge in [-0.2, -0.15) is 0 Å². The maximum absolute atomic E-state index is 12.3. The van der Waals surface area contributed by atoms with Crippen molar-refractivity contribution in [2.45, 2.75) is 32.1 Å². The van der Waals surface area contributed by atoms with E-state index >= 15 is 0 Å². The van der Waals surface area contributed by atoms with E-state index in [9.17, 15) is 4.79 Å². The minimum atomic E-state index is -0.154. The first-order valence-electron chi connectivity index (χ1n) is 7.95. The molecule has 2 aliphatic heterocycles. The SMILES string of the molecule is CC(C)(CNC(=O)C1CCCNC1)c1ccc2c(c1)OCO2. The van der Waals surface area contributed by atoms with Gasteiger partial charge in [-0.05, 0) is 37.1 Å². The average molecular weight is 304 g/mol. The van der Waals surface area contributed by atoms with Crippen molar-refractivity contribution in [3.8, 4) is 11.5 Å². The van der Waals surface area contributed by atoms with E-state index in [-0.39, 0.29) is 24.0 Å². The Hall–Kier alpha value is -1.75. The molecule has 22 heavy (non-hydrogen) atoms. The Morgan fingerprint density at radius 2 is 2.18 bits per heavy atom. The molecule has 1 atom stereocenters. The van der Waals surface area contributed by atoms with Gasteiger partial charge in [-0.15, -0.1) is 0 Å². The summed E-state index contributed by atoms with van der Waals surface area (Å²) in [6.45, 7) is 6.96. The Morgan fingerprint density at radius 3 is 2.95 bits per heavy atom. The van der Waals surface area contributed by atoms with Gasteiger partial charge in [-0.3, -0.25) is 4.79 Å². The summed E-state index contributed by atoms with van der Waals surface area (Å²) >= 11 is 0. The first kappa shape index (κ1) is 15.2. The van der Waals surface area contributed by atoms with Crippen LogP contribution in [0.2, 0.25) is 0 Å². The minimum absolute atomic E-state index is 0.0984. The Kier molecular flexibility index (Phi) is 4.25. The van der Waals surface area contributed by atoms with Crippen LogP contribution in [0.1, 0.15) is 32.3 Å². The molecule has 0 spiro atoms. The Morgan fingerprint density at radius 1 is 1.36 bits per heavy atom. The molecule has 0 bridgehead atoms. The average Bonchev–Trinajstić information content (AvgIpc) is 3.01. The molecule has 1 fully saturated rings. The van der Waals surface area contributed by atoms with Gasteiger partial charge in [0.25, 0.3) is 0 Å². The summed E-state index contributed by atoms with van der Waals surface area (Å²) in [6.07, 6.45) is 2.05. The van der Waals surface area contributed by atoms with Crippen LogP contribution in [0.25, 0.3) is 0 Å². The number of rotatable bonds is 4. The van der Waals surface area contributed by atoms with E-state index in [2.05, 4.69) is 24.5 Å². The van der Waals surface area contributed by atoms with Crippen molar-refractivity contribution in [2.24, 2.45) is 5.92 Å². The summed E-state index contributed by atoms with van der Waals surface area (Å²) in [5.74, 6) is 1.83. The van der Waals surface area contributed by atoms with Crippen LogP contribution in [0.5, 0.6) is 11.5 Å². The third kappa shape index (κ3) is 3.19. The molecule has 2 aliphatic rings. The Balaban J connectivity index is 1.61. The summed E-state index contributed by atoms with van der Waals surface area (Å²) in [4.78, 5) is 12.3. The second-order valence-corrected chi connectivity index (χ2v) is 6.71. The van der Waals surface area contributed by atoms with Crippen LogP contribution >= 0.6 is 0 Å². The quantitative estimate of drug-likeness (QED) is 0.890. The van der Waals surface area contributed by atoms with Crippen molar-refractivity contribution in [1.82, 2.24) is 10.6 Å². The third-order valence-electron chi connectivity index (χ3n) is 4.53. The Labute approximate surface area is 131 Å². The molecule has 1 aromatic carbocycles. The number of amides is 1. The second-order valence-electron chi connectivity index (χ2n) is 6.71. The van der Waals surface area contributed by atoms with Crippen molar-refractivity contribution in [2.75, 3.05) is 26.4 Å². The molecule has 0 saturated carbocycles. The van der Waals surface area contributed by atoms with Gasteiger partial charge >= 0.3 is 0 Å². The van der Waals surface area contributed by atoms with Gasteiger partial charge in [0, 0.05) is 18.5 Å². The fraction of sp³-hybridized carbons (Fsp3) is 0.588. The lowest BCUT2D eigenvalue weighted by molar-refractivity contribution is -0.125. The van der Waals surface area contributed by atoms with E-state index in [1.54, 1.807) is 0 Å². The van der Waals surface area contributed by atoms with Crippen molar-refractivity contribution >= 4 is 5.91 Å². The third-order valence-corrected chi connectivity index (χ3v) is 4.53. The molecule has 2 N–H and O–H groups in total. The van der Waals surface area contributed by atoms with Crippen molar-refractivity contribution in [1.29, 1.82) is 0 Å². The number of nitrogens with one attached hydrogen (secondary N) is 2. The van der Waals surface area contributed by atoms with E-state index in [4.69, 9.17) is 9.47 Å². The predicted molar refractivity (Wildman–Crippen MR) is 84.2 cm³/mol. The standard InChI is InChI=1S/C17H24N2O3/c1-17(2,10-19-16(20)12-4-3-7-18-9-12)13-5-6-14-15(8-13)22-11-21-14/h5-6,8,12,18H,3-4,7,9-11H2,1-2H3,(H,19,20). The molecule has 120 valence electrons. The van der Waals surface area contributed by atoms with Crippen LogP contribution in [0, 0.1) is 5.92 Å². The molecular formula is C17H24N2O3. The van der Waals surface area contributed by atoms with Crippen LogP contribution < -0.4 is 20.1 Å². The fourth-order valence-corrected chi connectivity index (χ4v) is 2.95. The number of carbonyl (C=O) groups excluding carboxylic acids is 1. The van der Waals surface area contributed by atoms with Crippen LogP contribution in [-0.4, -0.2) is 32.3 Å². The fourth-order valence-electron chi connectivity index (χ4n) is 2.95. The van der Waals surface area contributed by atoms with Gasteiger partial charge in [-0.25, -0.2) is 0 Å². The van der Waals surface area contributed by atoms with E-state index in [0.29, 0.717) is 6.54 Å². The largest absolute Gasteiger partial charge is 0.454 e. The van der Waals surface area contributed by atoms with Crippen LogP contribution in [0.3, 0.4) is 0 Å². The molecule has 3 rings (SSSR count). The first-order valence-corrected chi connectivity index (χ1v) is 7.95. The first-order chi connectivity index (χ1) is 10.6. The molecule has 1 amide bonds. The molecular weight excluding hydrogens is 280 g/mol.